The molecule has 0 spiro atoms. The minimum absolute atomic E-state index is 0.473. The molecule has 82 valence electrons. The molecule has 1 N–H and O–H groups in total. The van der Waals surface area contributed by atoms with E-state index in [0.29, 0.717) is 11.1 Å². The van der Waals surface area contributed by atoms with Crippen molar-refractivity contribution < 1.29 is 12.3 Å². The number of rotatable bonds is 4. The standard InChI is InChI=1S/C10H12FNO2S/c1-2-9-3-5-10(6-4-9)12-7-8-15(11,13)14/h3-8,12H,2H2,1H3/b8-7+. The summed E-state index contributed by atoms with van der Waals surface area (Å²) in [6.45, 7) is 2.04. The van der Waals surface area contributed by atoms with Gasteiger partial charge >= 0.3 is 10.2 Å². The van der Waals surface area contributed by atoms with Crippen LogP contribution in [0.2, 0.25) is 0 Å². The molecule has 0 aliphatic heterocycles. The molecule has 0 heterocycles. The maximum absolute atomic E-state index is 12.1. The minimum atomic E-state index is -4.55. The highest BCUT2D eigenvalue weighted by molar-refractivity contribution is 7.89. The van der Waals surface area contributed by atoms with Gasteiger partial charge in [-0.15, -0.1) is 3.89 Å². The lowest BCUT2D eigenvalue weighted by Gasteiger charge is -2.01. The highest BCUT2D eigenvalue weighted by atomic mass is 32.3. The number of hydrogen-bond acceptors (Lipinski definition) is 3. The second kappa shape index (κ2) is 4.93. The third kappa shape index (κ3) is 4.60. The van der Waals surface area contributed by atoms with Crippen LogP contribution < -0.4 is 5.32 Å². The van der Waals surface area contributed by atoms with Crippen LogP contribution in [0.3, 0.4) is 0 Å². The molecule has 0 atom stereocenters. The van der Waals surface area contributed by atoms with Crippen LogP contribution in [0.4, 0.5) is 9.57 Å². The van der Waals surface area contributed by atoms with E-state index in [1.54, 1.807) is 12.1 Å². The molecule has 0 bridgehead atoms. The van der Waals surface area contributed by atoms with Crippen molar-refractivity contribution in [2.24, 2.45) is 0 Å². The summed E-state index contributed by atoms with van der Waals surface area (Å²) in [7, 11) is -4.55. The Morgan fingerprint density at radius 1 is 1.33 bits per heavy atom. The van der Waals surface area contributed by atoms with Crippen LogP contribution in [-0.2, 0) is 16.6 Å². The maximum atomic E-state index is 12.1. The molecular formula is C10H12FNO2S. The highest BCUT2D eigenvalue weighted by Crippen LogP contribution is 2.09. The van der Waals surface area contributed by atoms with Crippen LogP contribution in [0.1, 0.15) is 12.5 Å². The Morgan fingerprint density at radius 2 is 1.93 bits per heavy atom. The quantitative estimate of drug-likeness (QED) is 0.806. The summed E-state index contributed by atoms with van der Waals surface area (Å²) in [4.78, 5) is 0. The van der Waals surface area contributed by atoms with Crippen molar-refractivity contribution >= 4 is 15.9 Å². The first kappa shape index (κ1) is 11.7. The third-order valence-electron chi connectivity index (χ3n) is 1.84. The minimum Gasteiger partial charge on any atom is -0.361 e. The van der Waals surface area contributed by atoms with Gasteiger partial charge < -0.3 is 5.32 Å². The van der Waals surface area contributed by atoms with Crippen molar-refractivity contribution in [2.75, 3.05) is 5.32 Å². The molecule has 3 nitrogen and oxygen atoms in total. The van der Waals surface area contributed by atoms with E-state index in [0.717, 1.165) is 12.6 Å². The van der Waals surface area contributed by atoms with Gasteiger partial charge in [-0.3, -0.25) is 0 Å². The van der Waals surface area contributed by atoms with Gasteiger partial charge in [-0.05, 0) is 24.1 Å². The van der Waals surface area contributed by atoms with E-state index >= 15 is 0 Å². The molecule has 0 saturated heterocycles. The van der Waals surface area contributed by atoms with Gasteiger partial charge in [0.05, 0.1) is 5.41 Å². The Morgan fingerprint density at radius 3 is 2.40 bits per heavy atom. The van der Waals surface area contributed by atoms with E-state index in [-0.39, 0.29) is 0 Å². The van der Waals surface area contributed by atoms with Crippen LogP contribution in [0.5, 0.6) is 0 Å². The Bertz CT molecular complexity index is 437. The monoisotopic (exact) mass is 229 g/mol. The molecule has 1 aromatic rings. The fraction of sp³-hybridized carbons (Fsp3) is 0.200. The molecule has 1 aromatic carbocycles. The number of anilines is 1. The van der Waals surface area contributed by atoms with Crippen molar-refractivity contribution in [1.29, 1.82) is 0 Å². The fourth-order valence-corrected chi connectivity index (χ4v) is 1.28. The lowest BCUT2D eigenvalue weighted by Crippen LogP contribution is -1.90. The Hall–Kier alpha value is -1.36. The zero-order chi connectivity index (χ0) is 11.3. The van der Waals surface area contributed by atoms with Crippen LogP contribution in [0.15, 0.2) is 35.9 Å². The zero-order valence-corrected chi connectivity index (χ0v) is 9.09. The number of aryl methyl sites for hydroxylation is 1. The molecule has 0 saturated carbocycles. The van der Waals surface area contributed by atoms with Crippen LogP contribution >= 0.6 is 0 Å². The van der Waals surface area contributed by atoms with E-state index in [2.05, 4.69) is 5.32 Å². The van der Waals surface area contributed by atoms with Gasteiger partial charge in [-0.2, -0.15) is 8.42 Å². The lowest BCUT2D eigenvalue weighted by atomic mass is 10.1. The van der Waals surface area contributed by atoms with Crippen LogP contribution in [0.25, 0.3) is 0 Å². The van der Waals surface area contributed by atoms with Gasteiger partial charge in [0.2, 0.25) is 0 Å². The van der Waals surface area contributed by atoms with Crippen molar-refractivity contribution in [3.05, 3.63) is 41.4 Å². The Labute approximate surface area is 88.8 Å². The highest BCUT2D eigenvalue weighted by Gasteiger charge is 1.97. The van der Waals surface area contributed by atoms with Gasteiger partial charge in [-0.25, -0.2) is 0 Å². The molecule has 0 radical (unpaired) electrons. The molecule has 0 aromatic heterocycles. The number of halogens is 1. The second-order valence-electron chi connectivity index (χ2n) is 2.97. The lowest BCUT2D eigenvalue weighted by molar-refractivity contribution is 0.563. The smallest absolute Gasteiger partial charge is 0.326 e. The largest absolute Gasteiger partial charge is 0.361 e. The summed E-state index contributed by atoms with van der Waals surface area (Å²) in [5, 5.41) is 3.13. The Kier molecular flexibility index (Phi) is 3.85. The zero-order valence-electron chi connectivity index (χ0n) is 8.27. The summed E-state index contributed by atoms with van der Waals surface area (Å²) >= 11 is 0. The van der Waals surface area contributed by atoms with Crippen molar-refractivity contribution in [3.8, 4) is 0 Å². The molecule has 5 heteroatoms. The summed E-state index contributed by atoms with van der Waals surface area (Å²) in [6, 6.07) is 7.43. The number of nitrogens with one attached hydrogen (secondary N) is 1. The third-order valence-corrected chi connectivity index (χ3v) is 2.30. The average molecular weight is 229 g/mol. The molecule has 1 rings (SSSR count). The predicted molar refractivity (Wildman–Crippen MR) is 58.6 cm³/mol. The molecule has 0 aliphatic rings. The molecule has 0 amide bonds. The SMILES string of the molecule is CCc1ccc(N/C=C/S(=O)(=O)F)cc1. The van der Waals surface area contributed by atoms with Crippen LogP contribution in [-0.4, -0.2) is 8.42 Å². The predicted octanol–water partition coefficient (Wildman–Crippen LogP) is 2.43. The molecule has 0 aliphatic carbocycles. The van der Waals surface area contributed by atoms with Gasteiger partial charge in [0.15, 0.2) is 0 Å². The normalized spacial score (nSPS) is 11.9. The second-order valence-corrected chi connectivity index (χ2v) is 4.20. The van der Waals surface area contributed by atoms with E-state index in [4.69, 9.17) is 0 Å². The Balaban J connectivity index is 2.63. The van der Waals surface area contributed by atoms with Crippen LogP contribution in [0, 0.1) is 0 Å². The molecule has 0 unspecified atom stereocenters. The van der Waals surface area contributed by atoms with Gasteiger partial charge in [-0.1, -0.05) is 19.1 Å². The van der Waals surface area contributed by atoms with Gasteiger partial charge in [0, 0.05) is 11.9 Å². The molecule has 0 fully saturated rings. The summed E-state index contributed by atoms with van der Waals surface area (Å²) in [5.41, 5.74) is 1.90. The summed E-state index contributed by atoms with van der Waals surface area (Å²) in [5.74, 6) is 0. The first-order valence-corrected chi connectivity index (χ1v) is 5.92. The van der Waals surface area contributed by atoms with E-state index in [1.165, 1.54) is 5.56 Å². The molecular weight excluding hydrogens is 217 g/mol. The molecule has 15 heavy (non-hydrogen) atoms. The van der Waals surface area contributed by atoms with Gasteiger partial charge in [0.25, 0.3) is 0 Å². The first-order chi connectivity index (χ1) is 7.01. The fourth-order valence-electron chi connectivity index (χ4n) is 1.05. The topological polar surface area (TPSA) is 46.2 Å². The maximum Gasteiger partial charge on any atom is 0.326 e. The number of benzene rings is 1. The average Bonchev–Trinajstić information content (AvgIpc) is 2.17. The first-order valence-electron chi connectivity index (χ1n) is 4.48. The van der Waals surface area contributed by atoms with Crippen molar-refractivity contribution in [2.45, 2.75) is 13.3 Å². The van der Waals surface area contributed by atoms with Gasteiger partial charge in [0.1, 0.15) is 0 Å². The van der Waals surface area contributed by atoms with E-state index in [1.807, 2.05) is 19.1 Å². The van der Waals surface area contributed by atoms with Crippen molar-refractivity contribution in [1.82, 2.24) is 0 Å². The summed E-state index contributed by atoms with van der Waals surface area (Å²) < 4.78 is 32.3. The summed E-state index contributed by atoms with van der Waals surface area (Å²) in [6.07, 6.45) is 1.99. The van der Waals surface area contributed by atoms with E-state index < -0.39 is 10.2 Å². The van der Waals surface area contributed by atoms with E-state index in [9.17, 15) is 12.3 Å². The van der Waals surface area contributed by atoms with Crippen molar-refractivity contribution in [3.63, 3.8) is 0 Å². The number of hydrogen-bond donors (Lipinski definition) is 1.